The SMILES string of the molecule is O=C(NCC(c1ccco1)N1CCCCC1)Nc1nccs1. The van der Waals surface area contributed by atoms with Gasteiger partial charge in [-0.15, -0.1) is 11.3 Å². The van der Waals surface area contributed by atoms with E-state index in [1.165, 1.54) is 30.6 Å². The first-order chi connectivity index (χ1) is 10.8. The van der Waals surface area contributed by atoms with E-state index in [0.29, 0.717) is 11.7 Å². The number of thiazole rings is 1. The van der Waals surface area contributed by atoms with E-state index in [1.807, 2.05) is 17.5 Å². The summed E-state index contributed by atoms with van der Waals surface area (Å²) in [6.45, 7) is 2.60. The standard InChI is InChI=1S/C15H20N4O2S/c20-14(18-15-16-6-10-22-15)17-11-12(13-5-4-9-21-13)19-7-2-1-3-8-19/h4-6,9-10,12H,1-3,7-8,11H2,(H2,16,17,18,20). The molecule has 1 saturated heterocycles. The second-order valence-electron chi connectivity index (χ2n) is 5.30. The minimum atomic E-state index is -0.233. The van der Waals surface area contributed by atoms with E-state index in [2.05, 4.69) is 20.5 Å². The number of hydrogen-bond donors (Lipinski definition) is 2. The Bertz CT molecular complexity index is 564. The molecule has 0 bridgehead atoms. The fraction of sp³-hybridized carbons (Fsp3) is 0.467. The molecule has 1 atom stereocenters. The predicted molar refractivity (Wildman–Crippen MR) is 86.0 cm³/mol. The topological polar surface area (TPSA) is 70.4 Å². The molecule has 3 rings (SSSR count). The van der Waals surface area contributed by atoms with Crippen LogP contribution in [0.4, 0.5) is 9.93 Å². The number of carbonyl (C=O) groups excluding carboxylic acids is 1. The van der Waals surface area contributed by atoms with Gasteiger partial charge in [0, 0.05) is 18.1 Å². The first kappa shape index (κ1) is 15.1. The largest absolute Gasteiger partial charge is 0.468 e. The molecule has 1 aliphatic heterocycles. The molecule has 2 amide bonds. The molecule has 0 saturated carbocycles. The number of urea groups is 1. The highest BCUT2D eigenvalue weighted by Gasteiger charge is 2.24. The Morgan fingerprint density at radius 3 is 2.95 bits per heavy atom. The van der Waals surface area contributed by atoms with Crippen LogP contribution in [-0.2, 0) is 0 Å². The maximum Gasteiger partial charge on any atom is 0.321 e. The monoisotopic (exact) mass is 320 g/mol. The highest BCUT2D eigenvalue weighted by molar-refractivity contribution is 7.13. The molecule has 2 aromatic rings. The van der Waals surface area contributed by atoms with Gasteiger partial charge in [-0.05, 0) is 38.1 Å². The molecule has 6 nitrogen and oxygen atoms in total. The minimum absolute atomic E-state index is 0.0809. The lowest BCUT2D eigenvalue weighted by Gasteiger charge is -2.33. The number of rotatable bonds is 5. The summed E-state index contributed by atoms with van der Waals surface area (Å²) in [6, 6.07) is 3.71. The Morgan fingerprint density at radius 1 is 1.41 bits per heavy atom. The van der Waals surface area contributed by atoms with Gasteiger partial charge in [0.1, 0.15) is 5.76 Å². The van der Waals surface area contributed by atoms with E-state index in [9.17, 15) is 4.79 Å². The summed E-state index contributed by atoms with van der Waals surface area (Å²) in [4.78, 5) is 18.4. The third-order valence-electron chi connectivity index (χ3n) is 3.81. The highest BCUT2D eigenvalue weighted by Crippen LogP contribution is 2.24. The molecule has 22 heavy (non-hydrogen) atoms. The van der Waals surface area contributed by atoms with Crippen molar-refractivity contribution in [1.82, 2.24) is 15.2 Å². The molecule has 7 heteroatoms. The van der Waals surface area contributed by atoms with Crippen molar-refractivity contribution in [3.05, 3.63) is 35.7 Å². The van der Waals surface area contributed by atoms with Crippen molar-refractivity contribution in [3.63, 3.8) is 0 Å². The lowest BCUT2D eigenvalue weighted by Crippen LogP contribution is -2.41. The van der Waals surface area contributed by atoms with Crippen LogP contribution in [-0.4, -0.2) is 35.5 Å². The number of likely N-dealkylation sites (tertiary alicyclic amines) is 1. The van der Waals surface area contributed by atoms with Gasteiger partial charge in [-0.3, -0.25) is 10.2 Å². The van der Waals surface area contributed by atoms with Crippen molar-refractivity contribution in [2.75, 3.05) is 25.0 Å². The molecule has 3 heterocycles. The zero-order chi connectivity index (χ0) is 15.2. The number of anilines is 1. The van der Waals surface area contributed by atoms with E-state index < -0.39 is 0 Å². The maximum atomic E-state index is 12.0. The van der Waals surface area contributed by atoms with Crippen LogP contribution in [0, 0.1) is 0 Å². The van der Waals surface area contributed by atoms with Crippen molar-refractivity contribution in [2.24, 2.45) is 0 Å². The van der Waals surface area contributed by atoms with E-state index >= 15 is 0 Å². The normalized spacial score (nSPS) is 17.1. The second-order valence-corrected chi connectivity index (χ2v) is 6.19. The number of amides is 2. The number of nitrogens with zero attached hydrogens (tertiary/aromatic N) is 2. The van der Waals surface area contributed by atoms with E-state index in [1.54, 1.807) is 12.5 Å². The molecule has 118 valence electrons. The quantitative estimate of drug-likeness (QED) is 0.888. The third-order valence-corrected chi connectivity index (χ3v) is 4.50. The molecule has 1 fully saturated rings. The number of nitrogens with one attached hydrogen (secondary N) is 2. The average Bonchev–Trinajstić information content (AvgIpc) is 3.22. The summed E-state index contributed by atoms with van der Waals surface area (Å²) < 4.78 is 5.56. The smallest absolute Gasteiger partial charge is 0.321 e. The van der Waals surface area contributed by atoms with E-state index in [4.69, 9.17) is 4.42 Å². The first-order valence-electron chi connectivity index (χ1n) is 7.55. The molecule has 0 radical (unpaired) electrons. The number of furan rings is 1. The van der Waals surface area contributed by atoms with Gasteiger partial charge in [0.2, 0.25) is 0 Å². The summed E-state index contributed by atoms with van der Waals surface area (Å²) in [7, 11) is 0. The van der Waals surface area contributed by atoms with Gasteiger partial charge in [-0.1, -0.05) is 6.42 Å². The van der Waals surface area contributed by atoms with Crippen molar-refractivity contribution in [1.29, 1.82) is 0 Å². The Kier molecular flexibility index (Phi) is 5.07. The number of piperidine rings is 1. The molecular formula is C15H20N4O2S. The lowest BCUT2D eigenvalue weighted by molar-refractivity contribution is 0.144. The highest BCUT2D eigenvalue weighted by atomic mass is 32.1. The van der Waals surface area contributed by atoms with Gasteiger partial charge in [-0.2, -0.15) is 0 Å². The summed E-state index contributed by atoms with van der Waals surface area (Å²) >= 11 is 1.40. The second kappa shape index (κ2) is 7.42. The zero-order valence-electron chi connectivity index (χ0n) is 12.3. The van der Waals surface area contributed by atoms with Crippen molar-refractivity contribution in [3.8, 4) is 0 Å². The van der Waals surface area contributed by atoms with Crippen LogP contribution in [0.25, 0.3) is 0 Å². The van der Waals surface area contributed by atoms with Crippen LogP contribution >= 0.6 is 11.3 Å². The van der Waals surface area contributed by atoms with Crippen molar-refractivity contribution < 1.29 is 9.21 Å². The number of carbonyl (C=O) groups is 1. The lowest BCUT2D eigenvalue weighted by atomic mass is 10.1. The maximum absolute atomic E-state index is 12.0. The van der Waals surface area contributed by atoms with E-state index in [-0.39, 0.29) is 12.1 Å². The fourth-order valence-corrected chi connectivity index (χ4v) is 3.26. The molecule has 0 aromatic carbocycles. The van der Waals surface area contributed by atoms with Gasteiger partial charge in [0.05, 0.1) is 12.3 Å². The molecule has 2 N–H and O–H groups in total. The number of hydrogen-bond acceptors (Lipinski definition) is 5. The van der Waals surface area contributed by atoms with Crippen molar-refractivity contribution >= 4 is 22.5 Å². The zero-order valence-corrected chi connectivity index (χ0v) is 13.1. The predicted octanol–water partition coefficient (Wildman–Crippen LogP) is 3.08. The van der Waals surface area contributed by atoms with Crippen LogP contribution in [0.1, 0.15) is 31.1 Å². The van der Waals surface area contributed by atoms with Crippen LogP contribution < -0.4 is 10.6 Å². The summed E-state index contributed by atoms with van der Waals surface area (Å²) in [5, 5.41) is 8.09. The van der Waals surface area contributed by atoms with Gasteiger partial charge in [0.25, 0.3) is 0 Å². The average molecular weight is 320 g/mol. The summed E-state index contributed by atoms with van der Waals surface area (Å²) in [5.74, 6) is 0.899. The van der Waals surface area contributed by atoms with Crippen LogP contribution in [0.3, 0.4) is 0 Å². The Balaban J connectivity index is 1.59. The summed E-state index contributed by atoms with van der Waals surface area (Å²) in [5.41, 5.74) is 0. The van der Waals surface area contributed by atoms with Gasteiger partial charge >= 0.3 is 6.03 Å². The Morgan fingerprint density at radius 2 is 2.27 bits per heavy atom. The Hall–Kier alpha value is -1.86. The molecule has 1 aliphatic rings. The van der Waals surface area contributed by atoms with Crippen LogP contribution in [0.5, 0.6) is 0 Å². The molecule has 0 aliphatic carbocycles. The van der Waals surface area contributed by atoms with Gasteiger partial charge in [0.15, 0.2) is 5.13 Å². The fourth-order valence-electron chi connectivity index (χ4n) is 2.74. The molecular weight excluding hydrogens is 300 g/mol. The van der Waals surface area contributed by atoms with Crippen LogP contribution in [0.15, 0.2) is 34.4 Å². The van der Waals surface area contributed by atoms with E-state index in [0.717, 1.165) is 18.8 Å². The molecule has 1 unspecified atom stereocenters. The minimum Gasteiger partial charge on any atom is -0.468 e. The molecule has 2 aromatic heterocycles. The Labute approximate surface area is 133 Å². The number of aromatic nitrogens is 1. The molecule has 0 spiro atoms. The van der Waals surface area contributed by atoms with Crippen molar-refractivity contribution in [2.45, 2.75) is 25.3 Å². The third kappa shape index (κ3) is 3.86. The van der Waals surface area contributed by atoms with Crippen LogP contribution in [0.2, 0.25) is 0 Å². The first-order valence-corrected chi connectivity index (χ1v) is 8.43. The van der Waals surface area contributed by atoms with Gasteiger partial charge < -0.3 is 9.73 Å². The van der Waals surface area contributed by atoms with Gasteiger partial charge in [-0.25, -0.2) is 9.78 Å². The summed E-state index contributed by atoms with van der Waals surface area (Å²) in [6.07, 6.45) is 7.02.